The number of aromatic nitrogens is 2. The van der Waals surface area contributed by atoms with E-state index in [1.54, 1.807) is 0 Å². The molecule has 0 aliphatic heterocycles. The van der Waals surface area contributed by atoms with Gasteiger partial charge in [0.15, 0.2) is 11.5 Å². The van der Waals surface area contributed by atoms with Crippen LogP contribution in [0.2, 0.25) is 0 Å². The number of halogens is 5. The number of ether oxygens (including phenoxy) is 1. The number of alkyl halides is 3. The molecule has 0 N–H and O–H groups in total. The van der Waals surface area contributed by atoms with Crippen molar-refractivity contribution in [2.45, 2.75) is 12.4 Å². The number of hydrogen-bond acceptors (Lipinski definition) is 6. The van der Waals surface area contributed by atoms with E-state index in [0.717, 1.165) is 12.1 Å². The van der Waals surface area contributed by atoms with Crippen LogP contribution in [0.5, 0.6) is 5.88 Å². The molecule has 0 radical (unpaired) electrons. The molecule has 0 atom stereocenters. The first kappa shape index (κ1) is 19.6. The van der Waals surface area contributed by atoms with E-state index in [9.17, 15) is 35.2 Å². The Hall–Kier alpha value is -2.70. The monoisotopic (exact) mass is 400 g/mol. The molecule has 0 aliphatic rings. The van der Waals surface area contributed by atoms with Crippen molar-refractivity contribution >= 4 is 16.1 Å². The molecule has 0 amide bonds. The van der Waals surface area contributed by atoms with Crippen molar-refractivity contribution in [3.63, 3.8) is 0 Å². The fourth-order valence-electron chi connectivity index (χ4n) is 1.71. The van der Waals surface area contributed by atoms with Crippen LogP contribution in [0.3, 0.4) is 0 Å². The Kier molecular flexibility index (Phi) is 5.21. The molecule has 7 nitrogen and oxygen atoms in total. The number of carbonyl (C=O) groups excluding carboxylic acids is 1. The SMILES string of the molecule is CCOC(=O)c1cc(OS(=O)(=O)C(F)(F)F)n(-c2ccc(F)cc2F)n1. The molecule has 142 valence electrons. The summed E-state index contributed by atoms with van der Waals surface area (Å²) in [6, 6.07) is 2.40. The van der Waals surface area contributed by atoms with Gasteiger partial charge < -0.3 is 8.92 Å². The molecule has 26 heavy (non-hydrogen) atoms. The van der Waals surface area contributed by atoms with Crippen molar-refractivity contribution in [3.8, 4) is 11.6 Å². The Morgan fingerprint density at radius 1 is 1.23 bits per heavy atom. The van der Waals surface area contributed by atoms with E-state index in [0.29, 0.717) is 12.1 Å². The third-order valence-electron chi connectivity index (χ3n) is 2.78. The van der Waals surface area contributed by atoms with E-state index >= 15 is 0 Å². The fraction of sp³-hybridized carbons (Fsp3) is 0.231. The molecule has 1 heterocycles. The Morgan fingerprint density at radius 2 is 1.88 bits per heavy atom. The van der Waals surface area contributed by atoms with Crippen LogP contribution in [0.15, 0.2) is 24.3 Å². The highest BCUT2D eigenvalue weighted by atomic mass is 32.2. The van der Waals surface area contributed by atoms with Crippen LogP contribution in [0.25, 0.3) is 5.69 Å². The smallest absolute Gasteiger partial charge is 0.461 e. The van der Waals surface area contributed by atoms with Crippen molar-refractivity contribution in [1.29, 1.82) is 0 Å². The van der Waals surface area contributed by atoms with Crippen LogP contribution in [0.4, 0.5) is 22.0 Å². The van der Waals surface area contributed by atoms with Gasteiger partial charge in [0.05, 0.1) is 6.61 Å². The zero-order chi connectivity index (χ0) is 19.7. The summed E-state index contributed by atoms with van der Waals surface area (Å²) in [5.74, 6) is -4.56. The summed E-state index contributed by atoms with van der Waals surface area (Å²) in [6.07, 6.45) is 0. The predicted octanol–water partition coefficient (Wildman–Crippen LogP) is 2.56. The van der Waals surface area contributed by atoms with Crippen molar-refractivity contribution in [1.82, 2.24) is 9.78 Å². The third kappa shape index (κ3) is 3.92. The van der Waals surface area contributed by atoms with Crippen LogP contribution in [0.1, 0.15) is 17.4 Å². The summed E-state index contributed by atoms with van der Waals surface area (Å²) in [5.41, 5.74) is -7.09. The molecule has 0 spiro atoms. The average molecular weight is 400 g/mol. The molecule has 1 aromatic carbocycles. The van der Waals surface area contributed by atoms with Crippen LogP contribution < -0.4 is 4.18 Å². The van der Waals surface area contributed by atoms with Gasteiger partial charge >= 0.3 is 21.6 Å². The minimum Gasteiger partial charge on any atom is -0.461 e. The van der Waals surface area contributed by atoms with Gasteiger partial charge in [-0.05, 0) is 19.1 Å². The lowest BCUT2D eigenvalue weighted by Gasteiger charge is -2.11. The minimum absolute atomic E-state index is 0.117. The number of benzene rings is 1. The van der Waals surface area contributed by atoms with Gasteiger partial charge in [-0.15, -0.1) is 0 Å². The van der Waals surface area contributed by atoms with E-state index in [2.05, 4.69) is 14.0 Å². The molecule has 2 rings (SSSR count). The summed E-state index contributed by atoms with van der Waals surface area (Å²) < 4.78 is 95.6. The zero-order valence-electron chi connectivity index (χ0n) is 12.8. The van der Waals surface area contributed by atoms with E-state index < -0.39 is 50.5 Å². The summed E-state index contributed by atoms with van der Waals surface area (Å²) >= 11 is 0. The first-order valence-electron chi connectivity index (χ1n) is 6.69. The highest BCUT2D eigenvalue weighted by Crippen LogP contribution is 2.29. The Bertz CT molecular complexity index is 939. The molecule has 2 aromatic rings. The molecule has 0 saturated carbocycles. The fourth-order valence-corrected chi connectivity index (χ4v) is 2.15. The highest BCUT2D eigenvalue weighted by Gasteiger charge is 2.49. The lowest BCUT2D eigenvalue weighted by atomic mass is 10.3. The van der Waals surface area contributed by atoms with Crippen molar-refractivity contribution in [3.05, 3.63) is 41.6 Å². The van der Waals surface area contributed by atoms with E-state index in [1.807, 2.05) is 0 Å². The van der Waals surface area contributed by atoms with E-state index in [-0.39, 0.29) is 11.3 Å². The largest absolute Gasteiger partial charge is 0.534 e. The molecular weight excluding hydrogens is 391 g/mol. The third-order valence-corrected chi connectivity index (χ3v) is 3.73. The Morgan fingerprint density at radius 3 is 2.42 bits per heavy atom. The number of nitrogens with zero attached hydrogens (tertiary/aromatic N) is 2. The summed E-state index contributed by atoms with van der Waals surface area (Å²) in [4.78, 5) is 11.7. The van der Waals surface area contributed by atoms with Gasteiger partial charge in [0.2, 0.25) is 5.88 Å². The number of hydrogen-bond donors (Lipinski definition) is 0. The second-order valence-corrected chi connectivity index (χ2v) is 6.12. The average Bonchev–Trinajstić information content (AvgIpc) is 2.89. The Labute approximate surface area is 143 Å². The van der Waals surface area contributed by atoms with Crippen LogP contribution >= 0.6 is 0 Å². The molecular formula is C13H9F5N2O5S. The van der Waals surface area contributed by atoms with E-state index in [1.165, 1.54) is 6.92 Å². The summed E-state index contributed by atoms with van der Waals surface area (Å²) in [6.45, 7) is 1.31. The first-order chi connectivity index (χ1) is 12.0. The maximum absolute atomic E-state index is 13.9. The number of carbonyl (C=O) groups is 1. The molecule has 0 unspecified atom stereocenters. The summed E-state index contributed by atoms with van der Waals surface area (Å²) in [5, 5.41) is 3.48. The lowest BCUT2D eigenvalue weighted by Crippen LogP contribution is -2.28. The van der Waals surface area contributed by atoms with Gasteiger partial charge in [-0.25, -0.2) is 13.6 Å². The lowest BCUT2D eigenvalue weighted by molar-refractivity contribution is -0.0502. The second kappa shape index (κ2) is 6.90. The molecule has 1 aromatic heterocycles. The van der Waals surface area contributed by atoms with Gasteiger partial charge in [-0.2, -0.15) is 31.4 Å². The topological polar surface area (TPSA) is 87.5 Å². The van der Waals surface area contributed by atoms with Crippen LogP contribution in [-0.2, 0) is 14.9 Å². The van der Waals surface area contributed by atoms with Gasteiger partial charge in [-0.3, -0.25) is 0 Å². The normalized spacial score (nSPS) is 12.1. The quantitative estimate of drug-likeness (QED) is 0.332. The first-order valence-corrected chi connectivity index (χ1v) is 8.10. The van der Waals surface area contributed by atoms with Crippen LogP contribution in [0, 0.1) is 11.6 Å². The van der Waals surface area contributed by atoms with Gasteiger partial charge in [0.1, 0.15) is 11.5 Å². The standard InChI is InChI=1S/C13H9F5N2O5S/c1-2-24-12(21)9-6-11(25-26(22,23)13(16,17)18)20(19-9)10-4-3-7(14)5-8(10)15/h3-6H,2H2,1H3. The molecule has 0 saturated heterocycles. The highest BCUT2D eigenvalue weighted by molar-refractivity contribution is 7.87. The van der Waals surface area contributed by atoms with Crippen molar-refractivity contribution < 1.29 is 44.1 Å². The maximum Gasteiger partial charge on any atom is 0.534 e. The van der Waals surface area contributed by atoms with E-state index in [4.69, 9.17) is 0 Å². The Balaban J connectivity index is 2.60. The molecule has 0 bridgehead atoms. The van der Waals surface area contributed by atoms with Gasteiger partial charge in [0.25, 0.3) is 0 Å². The second-order valence-electron chi connectivity index (χ2n) is 4.58. The molecule has 13 heteroatoms. The number of rotatable bonds is 5. The van der Waals surface area contributed by atoms with Crippen LogP contribution in [-0.4, -0.2) is 36.3 Å². The molecule has 0 fully saturated rings. The number of esters is 1. The molecule has 0 aliphatic carbocycles. The minimum atomic E-state index is -6.14. The van der Waals surface area contributed by atoms with Gasteiger partial charge in [0, 0.05) is 12.1 Å². The summed E-state index contributed by atoms with van der Waals surface area (Å²) in [7, 11) is -6.14. The maximum atomic E-state index is 13.9. The zero-order valence-corrected chi connectivity index (χ0v) is 13.6. The predicted molar refractivity (Wildman–Crippen MR) is 75.0 cm³/mol. The van der Waals surface area contributed by atoms with Gasteiger partial charge in [-0.1, -0.05) is 0 Å². The van der Waals surface area contributed by atoms with Crippen molar-refractivity contribution in [2.24, 2.45) is 0 Å². The van der Waals surface area contributed by atoms with Crippen molar-refractivity contribution in [2.75, 3.05) is 6.61 Å².